The van der Waals surface area contributed by atoms with Crippen LogP contribution in [0.3, 0.4) is 0 Å². The van der Waals surface area contributed by atoms with E-state index >= 15 is 0 Å². The van der Waals surface area contributed by atoms with Gasteiger partial charge in [-0.25, -0.2) is 4.98 Å². The minimum Gasteiger partial charge on any atom is -0.261 e. The summed E-state index contributed by atoms with van der Waals surface area (Å²) in [5.41, 5.74) is 2.62. The van der Waals surface area contributed by atoms with Gasteiger partial charge in [-0.05, 0) is 38.7 Å². The maximum Gasteiger partial charge on any atom is 0.281 e. The van der Waals surface area contributed by atoms with Crippen molar-refractivity contribution < 1.29 is 8.42 Å². The predicted octanol–water partition coefficient (Wildman–Crippen LogP) is 1.59. The van der Waals surface area contributed by atoms with Gasteiger partial charge in [0.2, 0.25) is 0 Å². The summed E-state index contributed by atoms with van der Waals surface area (Å²) in [5, 5.41) is 4.35. The van der Waals surface area contributed by atoms with Crippen LogP contribution in [0.25, 0.3) is 11.4 Å². The molecule has 3 rings (SSSR count). The largest absolute Gasteiger partial charge is 0.281 e. The Balaban J connectivity index is 1.73. The lowest BCUT2D eigenvalue weighted by Gasteiger charge is -2.20. The lowest BCUT2D eigenvalue weighted by Crippen LogP contribution is -2.38. The summed E-state index contributed by atoms with van der Waals surface area (Å²) in [5.74, 6) is 0.254. The number of hydrogen-bond acceptors (Lipinski definition) is 5. The van der Waals surface area contributed by atoms with Gasteiger partial charge in [-0.3, -0.25) is 9.67 Å². The van der Waals surface area contributed by atoms with Crippen LogP contribution in [0.1, 0.15) is 32.0 Å². The highest BCUT2D eigenvalue weighted by Crippen LogP contribution is 2.25. The summed E-state index contributed by atoms with van der Waals surface area (Å²) in [4.78, 5) is 9.08. The average Bonchev–Trinajstić information content (AvgIpc) is 3.24. The molecular formula is C17H26N6O2S. The van der Waals surface area contributed by atoms with Crippen molar-refractivity contribution in [3.05, 3.63) is 30.4 Å². The Kier molecular flexibility index (Phi) is 5.40. The molecule has 1 atom stereocenters. The normalized spacial score (nSPS) is 18.9. The molecular weight excluding hydrogens is 352 g/mol. The molecule has 0 unspecified atom stereocenters. The predicted molar refractivity (Wildman–Crippen MR) is 99.6 cm³/mol. The van der Waals surface area contributed by atoms with Gasteiger partial charge in [0.15, 0.2) is 0 Å². The van der Waals surface area contributed by atoms with E-state index in [1.54, 1.807) is 37.0 Å². The Hall–Kier alpha value is -1.84. The summed E-state index contributed by atoms with van der Waals surface area (Å²) in [6.45, 7) is 5.23. The van der Waals surface area contributed by atoms with E-state index in [4.69, 9.17) is 4.98 Å². The van der Waals surface area contributed by atoms with Crippen molar-refractivity contribution in [2.24, 2.45) is 5.92 Å². The molecule has 0 saturated carbocycles. The van der Waals surface area contributed by atoms with Gasteiger partial charge in [-0.15, -0.1) is 0 Å². The summed E-state index contributed by atoms with van der Waals surface area (Å²) < 4.78 is 29.2. The first-order chi connectivity index (χ1) is 12.3. The number of hydrogen-bond donors (Lipinski definition) is 0. The van der Waals surface area contributed by atoms with Crippen LogP contribution in [-0.2, 0) is 16.6 Å². The van der Waals surface area contributed by atoms with E-state index in [1.165, 1.54) is 4.31 Å². The second-order valence-electron chi connectivity index (χ2n) is 7.16. The van der Waals surface area contributed by atoms with Crippen molar-refractivity contribution in [2.45, 2.75) is 32.7 Å². The third-order valence-electron chi connectivity index (χ3n) is 4.64. The van der Waals surface area contributed by atoms with Crippen molar-refractivity contribution in [3.63, 3.8) is 0 Å². The zero-order valence-electron chi connectivity index (χ0n) is 15.7. The quantitative estimate of drug-likeness (QED) is 0.762. The van der Waals surface area contributed by atoms with Gasteiger partial charge in [0.05, 0.1) is 17.6 Å². The summed E-state index contributed by atoms with van der Waals surface area (Å²) in [6, 6.07) is 2.18. The van der Waals surface area contributed by atoms with Crippen LogP contribution in [0.5, 0.6) is 0 Å². The summed E-state index contributed by atoms with van der Waals surface area (Å²) in [7, 11) is -0.212. The molecule has 0 aromatic carbocycles. The summed E-state index contributed by atoms with van der Waals surface area (Å²) in [6.07, 6.45) is 6.84. The molecule has 1 saturated heterocycles. The molecule has 2 aromatic rings. The Labute approximate surface area is 155 Å². The van der Waals surface area contributed by atoms with E-state index in [9.17, 15) is 8.42 Å². The molecule has 142 valence electrons. The number of nitrogens with zero attached hydrogens (tertiary/aromatic N) is 6. The molecule has 8 nitrogen and oxygen atoms in total. The molecule has 9 heteroatoms. The molecule has 2 aromatic heterocycles. The molecule has 0 N–H and O–H groups in total. The van der Waals surface area contributed by atoms with E-state index < -0.39 is 10.2 Å². The van der Waals surface area contributed by atoms with Gasteiger partial charge < -0.3 is 0 Å². The number of aromatic nitrogens is 4. The second-order valence-corrected chi connectivity index (χ2v) is 9.30. The van der Waals surface area contributed by atoms with E-state index in [2.05, 4.69) is 23.9 Å². The van der Waals surface area contributed by atoms with Crippen LogP contribution >= 0.6 is 0 Å². The van der Waals surface area contributed by atoms with Crippen molar-refractivity contribution in [1.29, 1.82) is 0 Å². The van der Waals surface area contributed by atoms with Crippen molar-refractivity contribution in [1.82, 2.24) is 28.4 Å². The highest BCUT2D eigenvalue weighted by molar-refractivity contribution is 7.86. The molecule has 0 radical (unpaired) electrons. The average molecular weight is 379 g/mol. The van der Waals surface area contributed by atoms with Crippen LogP contribution in [0.4, 0.5) is 0 Å². The van der Waals surface area contributed by atoms with Gasteiger partial charge >= 0.3 is 0 Å². The van der Waals surface area contributed by atoms with Gasteiger partial charge in [0.25, 0.3) is 10.2 Å². The SMILES string of the molecule is CC(C)n1nccc1-c1cncc(C[C@H]2CCN(S(=O)(=O)N(C)C)C2)n1. The molecule has 3 heterocycles. The van der Waals surface area contributed by atoms with Crippen molar-refractivity contribution >= 4 is 10.2 Å². The van der Waals surface area contributed by atoms with Crippen LogP contribution < -0.4 is 0 Å². The van der Waals surface area contributed by atoms with Crippen LogP contribution in [-0.4, -0.2) is 64.0 Å². The minimum absolute atomic E-state index is 0.241. The fraction of sp³-hybridized carbons (Fsp3) is 0.588. The molecule has 0 aliphatic carbocycles. The third kappa shape index (κ3) is 3.79. The Morgan fingerprint density at radius 1 is 1.31 bits per heavy atom. The summed E-state index contributed by atoms with van der Waals surface area (Å²) >= 11 is 0. The maximum absolute atomic E-state index is 12.3. The minimum atomic E-state index is -3.34. The maximum atomic E-state index is 12.3. The monoisotopic (exact) mass is 378 g/mol. The molecule has 0 spiro atoms. The van der Waals surface area contributed by atoms with E-state index in [-0.39, 0.29) is 12.0 Å². The molecule has 1 aliphatic heterocycles. The van der Waals surface area contributed by atoms with E-state index in [0.717, 1.165) is 29.9 Å². The Bertz CT molecular complexity index is 862. The Morgan fingerprint density at radius 3 is 2.77 bits per heavy atom. The molecule has 0 amide bonds. The third-order valence-corrected chi connectivity index (χ3v) is 6.55. The Morgan fingerprint density at radius 2 is 2.08 bits per heavy atom. The standard InChI is InChI=1S/C17H26N6O2S/c1-13(2)23-17(5-7-19-23)16-11-18-10-15(20-16)9-14-6-8-22(12-14)26(24,25)21(3)4/h5,7,10-11,13-14H,6,8-9,12H2,1-4H3/t14-/m1/s1. The van der Waals surface area contributed by atoms with Crippen LogP contribution in [0.15, 0.2) is 24.7 Å². The highest BCUT2D eigenvalue weighted by atomic mass is 32.2. The smallest absolute Gasteiger partial charge is 0.261 e. The van der Waals surface area contributed by atoms with Crippen LogP contribution in [0, 0.1) is 5.92 Å². The lowest BCUT2D eigenvalue weighted by atomic mass is 10.0. The molecule has 1 fully saturated rings. The fourth-order valence-corrected chi connectivity index (χ4v) is 4.45. The zero-order chi connectivity index (χ0) is 18.9. The second kappa shape index (κ2) is 7.42. The van der Waals surface area contributed by atoms with Gasteiger partial charge in [0, 0.05) is 45.6 Å². The first-order valence-corrected chi connectivity index (χ1v) is 10.2. The van der Waals surface area contributed by atoms with E-state index in [1.807, 2.05) is 10.7 Å². The van der Waals surface area contributed by atoms with Gasteiger partial charge in [-0.1, -0.05) is 0 Å². The van der Waals surface area contributed by atoms with Crippen molar-refractivity contribution in [3.8, 4) is 11.4 Å². The fourth-order valence-electron chi connectivity index (χ4n) is 3.26. The molecule has 0 bridgehead atoms. The van der Waals surface area contributed by atoms with Gasteiger partial charge in [0.1, 0.15) is 5.69 Å². The first-order valence-electron chi connectivity index (χ1n) is 8.81. The first kappa shape index (κ1) is 18.9. The van der Waals surface area contributed by atoms with Gasteiger partial charge in [-0.2, -0.15) is 22.1 Å². The van der Waals surface area contributed by atoms with Crippen molar-refractivity contribution in [2.75, 3.05) is 27.2 Å². The van der Waals surface area contributed by atoms with Crippen LogP contribution in [0.2, 0.25) is 0 Å². The lowest BCUT2D eigenvalue weighted by molar-refractivity contribution is 0.409. The molecule has 1 aliphatic rings. The van der Waals surface area contributed by atoms with E-state index in [0.29, 0.717) is 13.1 Å². The molecule has 26 heavy (non-hydrogen) atoms. The number of rotatable bonds is 6. The zero-order valence-corrected chi connectivity index (χ0v) is 16.5. The topological polar surface area (TPSA) is 84.2 Å². The highest BCUT2D eigenvalue weighted by Gasteiger charge is 2.32.